The number of azo groups is 1. The number of hydrogen-bond donors (Lipinski definition) is 1. The zero-order valence-electron chi connectivity index (χ0n) is 4.97. The van der Waals surface area contributed by atoms with Crippen LogP contribution in [0.5, 0.6) is 0 Å². The molecule has 0 heterocycles. The van der Waals surface area contributed by atoms with Crippen LogP contribution < -0.4 is 5.73 Å². The Morgan fingerprint density at radius 2 is 1.86 bits per heavy atom. The van der Waals surface area contributed by atoms with Gasteiger partial charge in [-0.3, -0.25) is 0 Å². The predicted molar refractivity (Wildman–Crippen MR) is 29.0 cm³/mol. The molecule has 0 saturated carbocycles. The summed E-state index contributed by atoms with van der Waals surface area (Å²) in [7, 11) is 1.61. The van der Waals surface area contributed by atoms with E-state index in [0.717, 1.165) is 0 Å². The highest BCUT2D eigenvalue weighted by molar-refractivity contribution is 4.63. The first-order valence-corrected chi connectivity index (χ1v) is 2.16. The second-order valence-electron chi connectivity index (χ2n) is 1.95. The van der Waals surface area contributed by atoms with E-state index in [1.54, 1.807) is 20.9 Å². The Labute approximate surface area is 43.6 Å². The van der Waals surface area contributed by atoms with Crippen molar-refractivity contribution in [2.45, 2.75) is 19.5 Å². The molecule has 0 radical (unpaired) electrons. The number of rotatable bonds is 1. The summed E-state index contributed by atoms with van der Waals surface area (Å²) in [6.07, 6.45) is 0. The van der Waals surface area contributed by atoms with E-state index in [4.69, 9.17) is 5.73 Å². The number of nitrogens with zero attached hydrogens (tertiary/aromatic N) is 2. The average Bonchev–Trinajstić information content (AvgIpc) is 1.30. The van der Waals surface area contributed by atoms with Crippen LogP contribution in [0, 0.1) is 0 Å². The molecule has 3 heteroatoms. The molecule has 0 fully saturated rings. The van der Waals surface area contributed by atoms with Gasteiger partial charge < -0.3 is 5.73 Å². The second-order valence-corrected chi connectivity index (χ2v) is 1.95. The van der Waals surface area contributed by atoms with E-state index in [0.29, 0.717) is 0 Å². The number of hydrogen-bond acceptors (Lipinski definition) is 3. The molecule has 0 unspecified atom stereocenters. The minimum absolute atomic E-state index is 0.491. The van der Waals surface area contributed by atoms with E-state index in [-0.39, 0.29) is 0 Å². The van der Waals surface area contributed by atoms with E-state index in [9.17, 15) is 0 Å². The molecule has 42 valence electrons. The van der Waals surface area contributed by atoms with Gasteiger partial charge >= 0.3 is 0 Å². The van der Waals surface area contributed by atoms with Crippen LogP contribution in [-0.2, 0) is 0 Å². The molecular formula is C4H11N3. The Kier molecular flexibility index (Phi) is 1.90. The molecule has 0 atom stereocenters. The van der Waals surface area contributed by atoms with Crippen molar-refractivity contribution in [1.29, 1.82) is 0 Å². The van der Waals surface area contributed by atoms with Crippen LogP contribution in [0.3, 0.4) is 0 Å². The predicted octanol–water partition coefficient (Wildman–Crippen LogP) is 0.763. The SMILES string of the molecule is CN=NC(C)(C)N. The van der Waals surface area contributed by atoms with Crippen LogP contribution in [-0.4, -0.2) is 12.7 Å². The molecule has 0 aliphatic rings. The van der Waals surface area contributed by atoms with Gasteiger partial charge in [-0.1, -0.05) is 0 Å². The van der Waals surface area contributed by atoms with Crippen molar-refractivity contribution >= 4 is 0 Å². The lowest BCUT2D eigenvalue weighted by molar-refractivity contribution is 0.517. The van der Waals surface area contributed by atoms with Gasteiger partial charge in [-0.05, 0) is 13.8 Å². The fraction of sp³-hybridized carbons (Fsp3) is 1.00. The fourth-order valence-corrected chi connectivity index (χ4v) is 0.258. The Balaban J connectivity index is 3.56. The zero-order chi connectivity index (χ0) is 5.91. The van der Waals surface area contributed by atoms with Crippen molar-refractivity contribution in [3.63, 3.8) is 0 Å². The van der Waals surface area contributed by atoms with E-state index < -0.39 is 5.66 Å². The lowest BCUT2D eigenvalue weighted by Gasteiger charge is -2.07. The first-order valence-electron chi connectivity index (χ1n) is 2.16. The molecule has 0 spiro atoms. The van der Waals surface area contributed by atoms with Crippen molar-refractivity contribution in [1.82, 2.24) is 0 Å². The van der Waals surface area contributed by atoms with Crippen LogP contribution >= 0.6 is 0 Å². The fourth-order valence-electron chi connectivity index (χ4n) is 0.258. The van der Waals surface area contributed by atoms with Gasteiger partial charge in [0.2, 0.25) is 0 Å². The zero-order valence-corrected chi connectivity index (χ0v) is 4.97. The molecule has 0 aromatic heterocycles. The summed E-state index contributed by atoms with van der Waals surface area (Å²) in [5.41, 5.74) is 4.89. The Morgan fingerprint density at radius 3 is 1.86 bits per heavy atom. The smallest absolute Gasteiger partial charge is 0.123 e. The van der Waals surface area contributed by atoms with E-state index in [2.05, 4.69) is 10.2 Å². The molecule has 0 aliphatic heterocycles. The highest BCUT2D eigenvalue weighted by Crippen LogP contribution is 1.96. The van der Waals surface area contributed by atoms with Gasteiger partial charge in [-0.15, -0.1) is 0 Å². The average molecular weight is 101 g/mol. The quantitative estimate of drug-likeness (QED) is 0.487. The maximum Gasteiger partial charge on any atom is 0.123 e. The summed E-state index contributed by atoms with van der Waals surface area (Å²) in [4.78, 5) is 0. The highest BCUT2D eigenvalue weighted by Gasteiger charge is 2.04. The van der Waals surface area contributed by atoms with Crippen LogP contribution in [0.4, 0.5) is 0 Å². The van der Waals surface area contributed by atoms with Gasteiger partial charge in [0.05, 0.1) is 0 Å². The van der Waals surface area contributed by atoms with Crippen molar-refractivity contribution in [3.8, 4) is 0 Å². The van der Waals surface area contributed by atoms with Crippen LogP contribution in [0.1, 0.15) is 13.8 Å². The summed E-state index contributed by atoms with van der Waals surface area (Å²) >= 11 is 0. The lowest BCUT2D eigenvalue weighted by atomic mass is 10.3. The van der Waals surface area contributed by atoms with Crippen molar-refractivity contribution in [3.05, 3.63) is 0 Å². The first-order chi connectivity index (χ1) is 3.06. The van der Waals surface area contributed by atoms with E-state index in [1.807, 2.05) is 0 Å². The van der Waals surface area contributed by atoms with Gasteiger partial charge in [-0.2, -0.15) is 10.2 Å². The Hall–Kier alpha value is -0.440. The third kappa shape index (κ3) is 5.56. The molecular weight excluding hydrogens is 90.1 g/mol. The van der Waals surface area contributed by atoms with E-state index in [1.165, 1.54) is 0 Å². The first kappa shape index (κ1) is 6.56. The van der Waals surface area contributed by atoms with Crippen LogP contribution in [0.15, 0.2) is 10.2 Å². The summed E-state index contributed by atoms with van der Waals surface area (Å²) in [5.74, 6) is 0. The van der Waals surface area contributed by atoms with Crippen LogP contribution in [0.2, 0.25) is 0 Å². The third-order valence-corrected chi connectivity index (χ3v) is 0.358. The minimum atomic E-state index is -0.491. The lowest BCUT2D eigenvalue weighted by Crippen LogP contribution is -2.28. The maximum absolute atomic E-state index is 5.39. The third-order valence-electron chi connectivity index (χ3n) is 0.358. The second kappa shape index (κ2) is 2.02. The number of nitrogens with two attached hydrogens (primary N) is 1. The molecule has 0 saturated heterocycles. The largest absolute Gasteiger partial charge is 0.306 e. The van der Waals surface area contributed by atoms with Gasteiger partial charge in [0.15, 0.2) is 0 Å². The van der Waals surface area contributed by atoms with Gasteiger partial charge in [0.1, 0.15) is 5.66 Å². The Morgan fingerprint density at radius 1 is 1.43 bits per heavy atom. The standard InChI is InChI=1S/C4H11N3/c1-4(2,5)7-6-3/h5H2,1-3H3. The highest BCUT2D eigenvalue weighted by atomic mass is 15.2. The van der Waals surface area contributed by atoms with Crippen molar-refractivity contribution < 1.29 is 0 Å². The molecule has 0 aliphatic carbocycles. The summed E-state index contributed by atoms with van der Waals surface area (Å²) in [6.45, 7) is 3.58. The minimum Gasteiger partial charge on any atom is -0.306 e. The normalized spacial score (nSPS) is 13.1. The van der Waals surface area contributed by atoms with Crippen molar-refractivity contribution in [2.24, 2.45) is 16.0 Å². The molecule has 0 aromatic carbocycles. The Bertz CT molecular complexity index is 69.5. The molecule has 0 aromatic rings. The summed E-state index contributed by atoms with van der Waals surface area (Å²) in [5, 5.41) is 7.17. The van der Waals surface area contributed by atoms with E-state index >= 15 is 0 Å². The summed E-state index contributed by atoms with van der Waals surface area (Å²) in [6, 6.07) is 0. The molecule has 0 amide bonds. The molecule has 0 bridgehead atoms. The molecule has 0 rings (SSSR count). The molecule has 7 heavy (non-hydrogen) atoms. The van der Waals surface area contributed by atoms with Gasteiger partial charge in [-0.25, -0.2) is 0 Å². The maximum atomic E-state index is 5.39. The monoisotopic (exact) mass is 101 g/mol. The topological polar surface area (TPSA) is 50.7 Å². The molecule has 2 N–H and O–H groups in total. The van der Waals surface area contributed by atoms with Gasteiger partial charge in [0.25, 0.3) is 0 Å². The van der Waals surface area contributed by atoms with Gasteiger partial charge in [0, 0.05) is 7.05 Å². The van der Waals surface area contributed by atoms with Crippen molar-refractivity contribution in [2.75, 3.05) is 7.05 Å². The molecule has 3 nitrogen and oxygen atoms in total. The summed E-state index contributed by atoms with van der Waals surface area (Å²) < 4.78 is 0. The van der Waals surface area contributed by atoms with Crippen LogP contribution in [0.25, 0.3) is 0 Å².